The van der Waals surface area contributed by atoms with Gasteiger partial charge in [-0.1, -0.05) is 6.07 Å². The van der Waals surface area contributed by atoms with Crippen molar-refractivity contribution in [2.45, 2.75) is 38.3 Å². The zero-order chi connectivity index (χ0) is 12.8. The molecule has 4 heteroatoms. The Hall–Kier alpha value is -0.800. The monoisotopic (exact) mass is 268 g/mol. The first-order chi connectivity index (χ1) is 8.83. The van der Waals surface area contributed by atoms with Gasteiger partial charge in [-0.25, -0.2) is 4.98 Å². The van der Waals surface area contributed by atoms with E-state index in [1.54, 1.807) is 7.11 Å². The molecule has 0 radical (unpaired) electrons. The van der Waals surface area contributed by atoms with Gasteiger partial charge in [0.25, 0.3) is 0 Å². The van der Waals surface area contributed by atoms with Crippen LogP contribution in [0.2, 0.25) is 0 Å². The molecule has 0 aromatic carbocycles. The molecular formula is C14H21ClN2O. The van der Waals surface area contributed by atoms with Crippen molar-refractivity contribution in [3.63, 3.8) is 0 Å². The molecule has 1 aromatic rings. The standard InChI is InChI=1S/C14H21ClN2O/c1-18-14-8-2-5-12(16-14)11-17-10-4-7-13(17)6-3-9-15/h2,5,8,13H,3-4,6-7,9-11H2,1H3. The topological polar surface area (TPSA) is 25.4 Å². The molecule has 1 fully saturated rings. The van der Waals surface area contributed by atoms with Gasteiger partial charge in [-0.2, -0.15) is 0 Å². The number of rotatable bonds is 6. The largest absolute Gasteiger partial charge is 0.481 e. The van der Waals surface area contributed by atoms with Gasteiger partial charge in [-0.15, -0.1) is 11.6 Å². The van der Waals surface area contributed by atoms with E-state index in [-0.39, 0.29) is 0 Å². The molecule has 1 saturated heterocycles. The smallest absolute Gasteiger partial charge is 0.213 e. The predicted octanol–water partition coefficient (Wildman–Crippen LogP) is 3.07. The zero-order valence-electron chi connectivity index (χ0n) is 10.9. The maximum atomic E-state index is 5.78. The van der Waals surface area contributed by atoms with Gasteiger partial charge < -0.3 is 4.74 Å². The number of likely N-dealkylation sites (tertiary alicyclic amines) is 1. The van der Waals surface area contributed by atoms with Crippen LogP contribution in [0.4, 0.5) is 0 Å². The first-order valence-corrected chi connectivity index (χ1v) is 7.17. The lowest BCUT2D eigenvalue weighted by atomic mass is 10.1. The van der Waals surface area contributed by atoms with Crippen LogP contribution >= 0.6 is 11.6 Å². The Morgan fingerprint density at radius 2 is 2.39 bits per heavy atom. The minimum Gasteiger partial charge on any atom is -0.481 e. The third-order valence-corrected chi connectivity index (χ3v) is 3.79. The molecule has 0 spiro atoms. The Balaban J connectivity index is 1.94. The number of hydrogen-bond acceptors (Lipinski definition) is 3. The minimum absolute atomic E-state index is 0.678. The van der Waals surface area contributed by atoms with Crippen molar-refractivity contribution in [2.75, 3.05) is 19.5 Å². The van der Waals surface area contributed by atoms with Crippen molar-refractivity contribution in [3.05, 3.63) is 23.9 Å². The lowest BCUT2D eigenvalue weighted by Gasteiger charge is -2.23. The normalized spacial score (nSPS) is 20.2. The summed E-state index contributed by atoms with van der Waals surface area (Å²) < 4.78 is 5.16. The van der Waals surface area contributed by atoms with Gasteiger partial charge in [-0.05, 0) is 38.3 Å². The highest BCUT2D eigenvalue weighted by Gasteiger charge is 2.24. The molecule has 18 heavy (non-hydrogen) atoms. The average molecular weight is 269 g/mol. The van der Waals surface area contributed by atoms with Crippen LogP contribution in [0.3, 0.4) is 0 Å². The number of ether oxygens (including phenoxy) is 1. The van der Waals surface area contributed by atoms with Crippen molar-refractivity contribution < 1.29 is 4.74 Å². The Morgan fingerprint density at radius 3 is 3.17 bits per heavy atom. The number of aromatic nitrogens is 1. The second kappa shape index (κ2) is 6.95. The molecule has 0 N–H and O–H groups in total. The zero-order valence-corrected chi connectivity index (χ0v) is 11.7. The Kier molecular flexibility index (Phi) is 5.26. The van der Waals surface area contributed by atoms with E-state index < -0.39 is 0 Å². The summed E-state index contributed by atoms with van der Waals surface area (Å²) in [6, 6.07) is 6.64. The number of methoxy groups -OCH3 is 1. The lowest BCUT2D eigenvalue weighted by Crippen LogP contribution is -2.29. The van der Waals surface area contributed by atoms with E-state index in [1.807, 2.05) is 12.1 Å². The van der Waals surface area contributed by atoms with Gasteiger partial charge in [0.2, 0.25) is 5.88 Å². The minimum atomic E-state index is 0.678. The average Bonchev–Trinajstić information content (AvgIpc) is 2.84. The SMILES string of the molecule is COc1cccc(CN2CCCC2CCCCl)n1. The van der Waals surface area contributed by atoms with Crippen LogP contribution in [0.15, 0.2) is 18.2 Å². The summed E-state index contributed by atoms with van der Waals surface area (Å²) in [4.78, 5) is 7.00. The Bertz CT molecular complexity index is 373. The first-order valence-electron chi connectivity index (χ1n) is 6.63. The molecule has 0 bridgehead atoms. The van der Waals surface area contributed by atoms with Crippen LogP contribution in [-0.4, -0.2) is 35.5 Å². The van der Waals surface area contributed by atoms with E-state index in [0.717, 1.165) is 24.5 Å². The highest BCUT2D eigenvalue weighted by molar-refractivity contribution is 6.17. The molecule has 3 nitrogen and oxygen atoms in total. The number of hydrogen-bond donors (Lipinski definition) is 0. The van der Waals surface area contributed by atoms with Gasteiger partial charge in [0, 0.05) is 24.5 Å². The fourth-order valence-corrected chi connectivity index (χ4v) is 2.76. The van der Waals surface area contributed by atoms with E-state index in [4.69, 9.17) is 16.3 Å². The lowest BCUT2D eigenvalue weighted by molar-refractivity contribution is 0.230. The summed E-state index contributed by atoms with van der Waals surface area (Å²) in [5.41, 5.74) is 1.09. The van der Waals surface area contributed by atoms with E-state index in [0.29, 0.717) is 11.9 Å². The van der Waals surface area contributed by atoms with Crippen LogP contribution in [0.25, 0.3) is 0 Å². The van der Waals surface area contributed by atoms with Crippen molar-refractivity contribution in [1.29, 1.82) is 0 Å². The molecule has 1 aromatic heterocycles. The number of alkyl halides is 1. The van der Waals surface area contributed by atoms with Crippen molar-refractivity contribution in [1.82, 2.24) is 9.88 Å². The van der Waals surface area contributed by atoms with Gasteiger partial charge in [0.15, 0.2) is 0 Å². The summed E-state index contributed by atoms with van der Waals surface area (Å²) >= 11 is 5.78. The molecule has 0 saturated carbocycles. The molecule has 100 valence electrons. The molecule has 2 heterocycles. The maximum absolute atomic E-state index is 5.78. The van der Waals surface area contributed by atoms with Crippen molar-refractivity contribution in [2.24, 2.45) is 0 Å². The summed E-state index contributed by atoms with van der Waals surface area (Å²) in [5.74, 6) is 1.46. The third-order valence-electron chi connectivity index (χ3n) is 3.53. The Labute approximate surface area is 114 Å². The number of pyridine rings is 1. The van der Waals surface area contributed by atoms with Crippen molar-refractivity contribution in [3.8, 4) is 5.88 Å². The van der Waals surface area contributed by atoms with Crippen LogP contribution in [0, 0.1) is 0 Å². The highest BCUT2D eigenvalue weighted by atomic mass is 35.5. The molecule has 1 atom stereocenters. The predicted molar refractivity (Wildman–Crippen MR) is 74.2 cm³/mol. The van der Waals surface area contributed by atoms with Gasteiger partial charge in [-0.3, -0.25) is 4.90 Å². The summed E-state index contributed by atoms with van der Waals surface area (Å²) in [6.07, 6.45) is 4.89. The molecule has 1 aliphatic heterocycles. The van der Waals surface area contributed by atoms with Gasteiger partial charge >= 0.3 is 0 Å². The quantitative estimate of drug-likeness (QED) is 0.742. The van der Waals surface area contributed by atoms with E-state index in [1.165, 1.54) is 25.8 Å². The molecule has 1 aliphatic rings. The fourth-order valence-electron chi connectivity index (χ4n) is 2.61. The summed E-state index contributed by atoms with van der Waals surface area (Å²) in [7, 11) is 1.66. The maximum Gasteiger partial charge on any atom is 0.213 e. The van der Waals surface area contributed by atoms with Crippen LogP contribution in [0.5, 0.6) is 5.88 Å². The van der Waals surface area contributed by atoms with Gasteiger partial charge in [0.1, 0.15) is 0 Å². The fraction of sp³-hybridized carbons (Fsp3) is 0.643. The summed E-state index contributed by atoms with van der Waals surface area (Å²) in [5, 5.41) is 0. The molecule has 0 aliphatic carbocycles. The Morgan fingerprint density at radius 1 is 1.50 bits per heavy atom. The number of nitrogens with zero attached hydrogens (tertiary/aromatic N) is 2. The summed E-state index contributed by atoms with van der Waals surface area (Å²) in [6.45, 7) is 2.09. The van der Waals surface area contributed by atoms with Crippen LogP contribution in [-0.2, 0) is 6.54 Å². The van der Waals surface area contributed by atoms with Gasteiger partial charge in [0.05, 0.1) is 12.8 Å². The first kappa shape index (κ1) is 13.6. The van der Waals surface area contributed by atoms with E-state index >= 15 is 0 Å². The van der Waals surface area contributed by atoms with Crippen LogP contribution < -0.4 is 4.74 Å². The molecule has 0 amide bonds. The second-order valence-electron chi connectivity index (χ2n) is 4.77. The molecule has 1 unspecified atom stereocenters. The van der Waals surface area contributed by atoms with Crippen LogP contribution in [0.1, 0.15) is 31.4 Å². The number of halogens is 1. The highest BCUT2D eigenvalue weighted by Crippen LogP contribution is 2.23. The van der Waals surface area contributed by atoms with E-state index in [9.17, 15) is 0 Å². The third kappa shape index (κ3) is 3.59. The molecule has 2 rings (SSSR count). The van der Waals surface area contributed by atoms with E-state index in [2.05, 4.69) is 16.0 Å². The molecular weight excluding hydrogens is 248 g/mol. The second-order valence-corrected chi connectivity index (χ2v) is 5.15. The van der Waals surface area contributed by atoms with Crippen molar-refractivity contribution >= 4 is 11.6 Å².